The number of primary amides is 1. The number of likely N-dealkylation sites (N-methyl/N-ethyl adjacent to an activating group) is 1. The van der Waals surface area contributed by atoms with Crippen LogP contribution in [0.15, 0.2) is 0 Å². The summed E-state index contributed by atoms with van der Waals surface area (Å²) in [6.45, 7) is 3.35. The largest absolute Gasteiger partial charge is 0.392 e. The van der Waals surface area contributed by atoms with Gasteiger partial charge in [-0.15, -0.1) is 0 Å². The minimum Gasteiger partial charge on any atom is -0.392 e. The third-order valence-electron chi connectivity index (χ3n) is 1.95. The molecule has 0 heterocycles. The second kappa shape index (κ2) is 5.90. The van der Waals surface area contributed by atoms with E-state index in [1.807, 2.05) is 18.9 Å². The number of aliphatic hydroxyl groups is 1. The highest BCUT2D eigenvalue weighted by Gasteiger charge is 2.15. The topological polar surface area (TPSA) is 92.6 Å². The van der Waals surface area contributed by atoms with Crippen molar-refractivity contribution >= 4 is 5.91 Å². The highest BCUT2D eigenvalue weighted by Crippen LogP contribution is 1.97. The predicted molar refractivity (Wildman–Crippen MR) is 51.0 cm³/mol. The lowest BCUT2D eigenvalue weighted by Gasteiger charge is -2.20. The average molecular weight is 189 g/mol. The molecule has 0 radical (unpaired) electrons. The molecule has 5 N–H and O–H groups in total. The number of hydrogen-bond donors (Lipinski definition) is 3. The maximum atomic E-state index is 10.6. The summed E-state index contributed by atoms with van der Waals surface area (Å²) in [5.41, 5.74) is 10.3. The molecule has 0 rings (SSSR count). The molecule has 0 aliphatic carbocycles. The van der Waals surface area contributed by atoms with Crippen LogP contribution in [0.3, 0.4) is 0 Å². The van der Waals surface area contributed by atoms with Gasteiger partial charge in [-0.2, -0.15) is 0 Å². The first-order valence-corrected chi connectivity index (χ1v) is 4.38. The van der Waals surface area contributed by atoms with Crippen molar-refractivity contribution in [2.45, 2.75) is 25.5 Å². The molecule has 0 saturated heterocycles. The first-order chi connectivity index (χ1) is 5.97. The quantitative estimate of drug-likeness (QED) is 0.474. The lowest BCUT2D eigenvalue weighted by atomic mass is 10.1. The molecule has 0 aromatic carbocycles. The first kappa shape index (κ1) is 12.3. The molecule has 2 atom stereocenters. The van der Waals surface area contributed by atoms with E-state index in [0.717, 1.165) is 6.54 Å². The van der Waals surface area contributed by atoms with Gasteiger partial charge in [0.15, 0.2) is 0 Å². The van der Waals surface area contributed by atoms with Gasteiger partial charge in [0.05, 0.1) is 12.1 Å². The summed E-state index contributed by atoms with van der Waals surface area (Å²) in [4.78, 5) is 12.5. The van der Waals surface area contributed by atoms with E-state index in [-0.39, 0.29) is 6.42 Å². The average Bonchev–Trinajstić information content (AvgIpc) is 2.03. The van der Waals surface area contributed by atoms with E-state index in [0.29, 0.717) is 6.54 Å². The van der Waals surface area contributed by atoms with Gasteiger partial charge in [-0.25, -0.2) is 0 Å². The molecule has 0 aliphatic rings. The van der Waals surface area contributed by atoms with Crippen LogP contribution in [0.25, 0.3) is 0 Å². The number of rotatable bonds is 6. The summed E-state index contributed by atoms with van der Waals surface area (Å²) in [5.74, 6) is -0.571. The van der Waals surface area contributed by atoms with E-state index in [2.05, 4.69) is 0 Å². The van der Waals surface area contributed by atoms with Crippen molar-refractivity contribution in [3.63, 3.8) is 0 Å². The Labute approximate surface area is 78.7 Å². The van der Waals surface area contributed by atoms with Crippen molar-refractivity contribution in [2.24, 2.45) is 11.5 Å². The Balaban J connectivity index is 3.73. The third-order valence-corrected chi connectivity index (χ3v) is 1.95. The van der Waals surface area contributed by atoms with E-state index >= 15 is 0 Å². The zero-order valence-electron chi connectivity index (χ0n) is 8.23. The van der Waals surface area contributed by atoms with Crippen molar-refractivity contribution in [1.82, 2.24) is 4.90 Å². The molecular weight excluding hydrogens is 170 g/mol. The Morgan fingerprint density at radius 1 is 1.62 bits per heavy atom. The second-order valence-electron chi connectivity index (χ2n) is 3.25. The maximum absolute atomic E-state index is 10.6. The molecule has 2 unspecified atom stereocenters. The van der Waals surface area contributed by atoms with Gasteiger partial charge >= 0.3 is 0 Å². The summed E-state index contributed by atoms with van der Waals surface area (Å²) in [7, 11) is 1.89. The fraction of sp³-hybridized carbons (Fsp3) is 0.875. The molecular formula is C8H19N3O2. The Hall–Kier alpha value is -0.650. The molecule has 0 fully saturated rings. The molecule has 1 amide bonds. The number of amides is 1. The zero-order chi connectivity index (χ0) is 10.4. The molecule has 0 bridgehead atoms. The summed E-state index contributed by atoms with van der Waals surface area (Å²) in [5, 5.41) is 9.44. The normalized spacial score (nSPS) is 15.8. The van der Waals surface area contributed by atoms with Crippen LogP contribution in [0, 0.1) is 0 Å². The van der Waals surface area contributed by atoms with Crippen LogP contribution in [0.1, 0.15) is 13.3 Å². The van der Waals surface area contributed by atoms with Crippen molar-refractivity contribution in [2.75, 3.05) is 20.1 Å². The SMILES string of the molecule is CCN(C)CC(O)CC(N)C(N)=O. The fourth-order valence-electron chi connectivity index (χ4n) is 0.973. The van der Waals surface area contributed by atoms with E-state index in [1.54, 1.807) is 0 Å². The Morgan fingerprint density at radius 3 is 2.54 bits per heavy atom. The van der Waals surface area contributed by atoms with Crippen LogP contribution in [0.5, 0.6) is 0 Å². The standard InChI is InChI=1S/C8H19N3O2/c1-3-11(2)5-6(12)4-7(9)8(10)13/h6-7,12H,3-5,9H2,1-2H3,(H2,10,13). The van der Waals surface area contributed by atoms with Gasteiger partial charge in [0.25, 0.3) is 0 Å². The number of carbonyl (C=O) groups is 1. The molecule has 13 heavy (non-hydrogen) atoms. The van der Waals surface area contributed by atoms with Crippen molar-refractivity contribution in [1.29, 1.82) is 0 Å². The van der Waals surface area contributed by atoms with E-state index in [9.17, 15) is 9.90 Å². The molecule has 0 aliphatic heterocycles. The van der Waals surface area contributed by atoms with E-state index in [4.69, 9.17) is 11.5 Å². The van der Waals surface area contributed by atoms with Gasteiger partial charge < -0.3 is 21.5 Å². The third kappa shape index (κ3) is 5.57. The molecule has 0 aromatic heterocycles. The Morgan fingerprint density at radius 2 is 2.15 bits per heavy atom. The smallest absolute Gasteiger partial charge is 0.234 e. The van der Waals surface area contributed by atoms with Gasteiger partial charge in [0.1, 0.15) is 0 Å². The molecule has 0 spiro atoms. The van der Waals surface area contributed by atoms with Crippen LogP contribution in [-0.4, -0.2) is 48.2 Å². The van der Waals surface area contributed by atoms with E-state index < -0.39 is 18.1 Å². The molecule has 0 saturated carbocycles. The lowest BCUT2D eigenvalue weighted by Crippen LogP contribution is -2.41. The van der Waals surface area contributed by atoms with Gasteiger partial charge in [0, 0.05) is 6.54 Å². The van der Waals surface area contributed by atoms with Crippen molar-refractivity contribution in [3.8, 4) is 0 Å². The van der Waals surface area contributed by atoms with Crippen LogP contribution < -0.4 is 11.5 Å². The van der Waals surface area contributed by atoms with Gasteiger partial charge in [-0.05, 0) is 20.0 Å². The first-order valence-electron chi connectivity index (χ1n) is 4.38. The fourth-order valence-corrected chi connectivity index (χ4v) is 0.973. The van der Waals surface area contributed by atoms with E-state index in [1.165, 1.54) is 0 Å². The number of nitrogens with two attached hydrogens (primary N) is 2. The van der Waals surface area contributed by atoms with Crippen LogP contribution in [0.2, 0.25) is 0 Å². The lowest BCUT2D eigenvalue weighted by molar-refractivity contribution is -0.120. The van der Waals surface area contributed by atoms with Crippen LogP contribution in [0.4, 0.5) is 0 Å². The highest BCUT2D eigenvalue weighted by molar-refractivity contribution is 5.79. The molecule has 5 heteroatoms. The number of carbonyl (C=O) groups excluding carboxylic acids is 1. The van der Waals surface area contributed by atoms with Gasteiger partial charge in [-0.3, -0.25) is 4.79 Å². The van der Waals surface area contributed by atoms with Crippen molar-refractivity contribution < 1.29 is 9.90 Å². The predicted octanol–water partition coefficient (Wildman–Crippen LogP) is -1.50. The molecule has 0 aromatic rings. The summed E-state index contributed by atoms with van der Waals surface area (Å²) in [6.07, 6.45) is -0.368. The van der Waals surface area contributed by atoms with Crippen molar-refractivity contribution in [3.05, 3.63) is 0 Å². The Kier molecular flexibility index (Phi) is 5.61. The van der Waals surface area contributed by atoms with Gasteiger partial charge in [0.2, 0.25) is 5.91 Å². The molecule has 5 nitrogen and oxygen atoms in total. The van der Waals surface area contributed by atoms with Gasteiger partial charge in [-0.1, -0.05) is 6.92 Å². The number of nitrogens with zero attached hydrogens (tertiary/aromatic N) is 1. The molecule has 78 valence electrons. The maximum Gasteiger partial charge on any atom is 0.234 e. The minimum atomic E-state index is -0.750. The monoisotopic (exact) mass is 189 g/mol. The second-order valence-corrected chi connectivity index (χ2v) is 3.25. The summed E-state index contributed by atoms with van der Waals surface area (Å²) < 4.78 is 0. The van der Waals surface area contributed by atoms with Crippen LogP contribution in [-0.2, 0) is 4.79 Å². The summed E-state index contributed by atoms with van der Waals surface area (Å²) in [6, 6.07) is -0.750. The minimum absolute atomic E-state index is 0.222. The highest BCUT2D eigenvalue weighted by atomic mass is 16.3. The number of aliphatic hydroxyl groups excluding tert-OH is 1. The Bertz CT molecular complexity index is 163. The van der Waals surface area contributed by atoms with Crippen LogP contribution >= 0.6 is 0 Å². The number of hydrogen-bond acceptors (Lipinski definition) is 4. The summed E-state index contributed by atoms with van der Waals surface area (Å²) >= 11 is 0. The zero-order valence-corrected chi connectivity index (χ0v) is 8.23.